The van der Waals surface area contributed by atoms with E-state index in [0.717, 1.165) is 44.3 Å². The summed E-state index contributed by atoms with van der Waals surface area (Å²) in [4.78, 5) is 15.8. The topological polar surface area (TPSA) is 91.4 Å². The van der Waals surface area contributed by atoms with Crippen LogP contribution in [0.15, 0.2) is 61.1 Å². The van der Waals surface area contributed by atoms with Crippen LogP contribution in [0.25, 0.3) is 32.9 Å². The van der Waals surface area contributed by atoms with Crippen LogP contribution in [0.4, 0.5) is 5.69 Å². The van der Waals surface area contributed by atoms with E-state index in [-0.39, 0.29) is 12.5 Å². The van der Waals surface area contributed by atoms with Crippen molar-refractivity contribution in [2.45, 2.75) is 13.5 Å². The lowest BCUT2D eigenvalue weighted by Crippen LogP contribution is -2.19. The molecule has 2 aromatic carbocycles. The Morgan fingerprint density at radius 1 is 1.14 bits per heavy atom. The number of aromatic amines is 2. The highest BCUT2D eigenvalue weighted by atomic mass is 16.2. The molecule has 5 aromatic rings. The number of aryl methyl sites for hydroxylation is 1. The Balaban J connectivity index is 1.54. The van der Waals surface area contributed by atoms with Gasteiger partial charge in [0.2, 0.25) is 5.91 Å². The van der Waals surface area contributed by atoms with Crippen LogP contribution in [-0.2, 0) is 11.3 Å². The zero-order valence-corrected chi connectivity index (χ0v) is 15.2. The number of fused-ring (bicyclic) bond motifs is 2. The molecule has 138 valence electrons. The van der Waals surface area contributed by atoms with Gasteiger partial charge in [-0.1, -0.05) is 12.1 Å². The molecule has 0 fully saturated rings. The number of aromatic nitrogens is 5. The van der Waals surface area contributed by atoms with Crippen molar-refractivity contribution in [1.29, 1.82) is 0 Å². The molecule has 3 heterocycles. The molecule has 0 unspecified atom stereocenters. The van der Waals surface area contributed by atoms with Crippen LogP contribution in [0, 0.1) is 6.92 Å². The second kappa shape index (κ2) is 6.38. The van der Waals surface area contributed by atoms with E-state index in [2.05, 4.69) is 43.8 Å². The van der Waals surface area contributed by atoms with E-state index in [4.69, 9.17) is 0 Å². The number of carbonyl (C=O) groups is 1. The molecule has 5 rings (SSSR count). The Bertz CT molecular complexity index is 1310. The van der Waals surface area contributed by atoms with Crippen molar-refractivity contribution in [1.82, 2.24) is 25.0 Å². The molecule has 7 heteroatoms. The normalized spacial score (nSPS) is 11.3. The fourth-order valence-corrected chi connectivity index (χ4v) is 3.54. The van der Waals surface area contributed by atoms with Crippen LogP contribution in [0.1, 0.15) is 5.69 Å². The number of benzene rings is 2. The first-order valence-electron chi connectivity index (χ1n) is 9.01. The smallest absolute Gasteiger partial charge is 0.246 e. The highest BCUT2D eigenvalue weighted by molar-refractivity contribution is 6.05. The SMILES string of the molecule is Cc1ccn(CC(=O)Nc2cc(-c3cccc4[nH]ccc34)cc3[nH]ncc23)n1. The van der Waals surface area contributed by atoms with Crippen LogP contribution in [0.2, 0.25) is 0 Å². The van der Waals surface area contributed by atoms with E-state index < -0.39 is 0 Å². The van der Waals surface area contributed by atoms with Crippen LogP contribution < -0.4 is 5.32 Å². The molecule has 0 radical (unpaired) electrons. The highest BCUT2D eigenvalue weighted by Crippen LogP contribution is 2.33. The number of carbonyl (C=O) groups excluding carboxylic acids is 1. The van der Waals surface area contributed by atoms with E-state index in [1.165, 1.54) is 0 Å². The van der Waals surface area contributed by atoms with Crippen molar-refractivity contribution < 1.29 is 4.79 Å². The van der Waals surface area contributed by atoms with Gasteiger partial charge in [-0.05, 0) is 48.4 Å². The minimum absolute atomic E-state index is 0.136. The number of rotatable bonds is 4. The Kier molecular flexibility index (Phi) is 3.72. The van der Waals surface area contributed by atoms with Gasteiger partial charge in [0.25, 0.3) is 0 Å². The third kappa shape index (κ3) is 2.83. The minimum Gasteiger partial charge on any atom is -0.361 e. The molecule has 0 saturated carbocycles. The second-order valence-corrected chi connectivity index (χ2v) is 6.80. The van der Waals surface area contributed by atoms with Crippen molar-refractivity contribution >= 4 is 33.4 Å². The zero-order chi connectivity index (χ0) is 19.1. The van der Waals surface area contributed by atoms with Crippen molar-refractivity contribution in [3.05, 3.63) is 66.7 Å². The average molecular weight is 370 g/mol. The van der Waals surface area contributed by atoms with Crippen molar-refractivity contribution in [3.8, 4) is 11.1 Å². The highest BCUT2D eigenvalue weighted by Gasteiger charge is 2.13. The Hall–Kier alpha value is -3.87. The Labute approximate surface area is 160 Å². The maximum atomic E-state index is 12.6. The van der Waals surface area contributed by atoms with E-state index in [1.54, 1.807) is 17.1 Å². The number of nitrogens with zero attached hydrogens (tertiary/aromatic N) is 3. The number of H-pyrrole nitrogens is 2. The van der Waals surface area contributed by atoms with Crippen molar-refractivity contribution in [2.75, 3.05) is 5.32 Å². The molecular formula is C21H18N6O. The van der Waals surface area contributed by atoms with Gasteiger partial charge in [0.05, 0.1) is 23.1 Å². The van der Waals surface area contributed by atoms with Gasteiger partial charge in [0, 0.05) is 28.7 Å². The predicted octanol–water partition coefficient (Wildman–Crippen LogP) is 3.85. The van der Waals surface area contributed by atoms with Gasteiger partial charge < -0.3 is 10.3 Å². The van der Waals surface area contributed by atoms with E-state index in [0.29, 0.717) is 0 Å². The molecule has 0 aliphatic heterocycles. The monoisotopic (exact) mass is 370 g/mol. The summed E-state index contributed by atoms with van der Waals surface area (Å²) in [6.45, 7) is 2.05. The third-order valence-electron chi connectivity index (χ3n) is 4.82. The molecule has 1 amide bonds. The first-order chi connectivity index (χ1) is 13.7. The summed E-state index contributed by atoms with van der Waals surface area (Å²) in [5.74, 6) is -0.136. The van der Waals surface area contributed by atoms with Gasteiger partial charge in [0.1, 0.15) is 6.54 Å². The largest absolute Gasteiger partial charge is 0.361 e. The molecular weight excluding hydrogens is 352 g/mol. The van der Waals surface area contributed by atoms with Gasteiger partial charge in [0.15, 0.2) is 0 Å². The molecule has 0 bridgehead atoms. The number of hydrogen-bond donors (Lipinski definition) is 3. The quantitative estimate of drug-likeness (QED) is 0.449. The molecule has 28 heavy (non-hydrogen) atoms. The Morgan fingerprint density at radius 2 is 2.07 bits per heavy atom. The standard InChI is InChI=1S/C21H18N6O/c1-13-6-8-27(26-13)12-21(28)24-19-9-14(10-20-17(19)11-23-25-20)15-3-2-4-18-16(15)5-7-22-18/h2-11,22H,12H2,1H3,(H,23,25)(H,24,28). The summed E-state index contributed by atoms with van der Waals surface area (Å²) >= 11 is 0. The molecule has 7 nitrogen and oxygen atoms in total. The predicted molar refractivity (Wildman–Crippen MR) is 109 cm³/mol. The van der Waals surface area contributed by atoms with Crippen LogP contribution in [0.5, 0.6) is 0 Å². The van der Waals surface area contributed by atoms with Gasteiger partial charge in [-0.15, -0.1) is 0 Å². The van der Waals surface area contributed by atoms with Gasteiger partial charge in [-0.2, -0.15) is 10.2 Å². The van der Waals surface area contributed by atoms with Crippen LogP contribution >= 0.6 is 0 Å². The third-order valence-corrected chi connectivity index (χ3v) is 4.82. The van der Waals surface area contributed by atoms with Crippen LogP contribution in [-0.4, -0.2) is 30.9 Å². The summed E-state index contributed by atoms with van der Waals surface area (Å²) in [7, 11) is 0. The lowest BCUT2D eigenvalue weighted by atomic mass is 9.99. The molecule has 0 atom stereocenters. The summed E-state index contributed by atoms with van der Waals surface area (Å²) < 4.78 is 1.63. The summed E-state index contributed by atoms with van der Waals surface area (Å²) in [6.07, 6.45) is 5.45. The van der Waals surface area contributed by atoms with E-state index in [1.807, 2.05) is 37.4 Å². The lowest BCUT2D eigenvalue weighted by Gasteiger charge is -2.11. The number of amides is 1. The molecule has 0 aliphatic rings. The van der Waals surface area contributed by atoms with Crippen molar-refractivity contribution in [2.24, 2.45) is 0 Å². The first-order valence-corrected chi connectivity index (χ1v) is 9.01. The number of nitrogens with one attached hydrogen (secondary N) is 3. The fraction of sp³-hybridized carbons (Fsp3) is 0.0952. The molecule has 0 aliphatic carbocycles. The lowest BCUT2D eigenvalue weighted by molar-refractivity contribution is -0.116. The fourth-order valence-electron chi connectivity index (χ4n) is 3.54. The molecule has 0 spiro atoms. The Morgan fingerprint density at radius 3 is 2.93 bits per heavy atom. The van der Waals surface area contributed by atoms with Crippen molar-refractivity contribution in [3.63, 3.8) is 0 Å². The summed E-state index contributed by atoms with van der Waals surface area (Å²) in [5.41, 5.74) is 5.65. The summed E-state index contributed by atoms with van der Waals surface area (Å²) in [5, 5.41) is 16.4. The summed E-state index contributed by atoms with van der Waals surface area (Å²) in [6, 6.07) is 14.1. The molecule has 3 aromatic heterocycles. The van der Waals surface area contributed by atoms with E-state index in [9.17, 15) is 4.79 Å². The molecule has 3 N–H and O–H groups in total. The van der Waals surface area contributed by atoms with Gasteiger partial charge >= 0.3 is 0 Å². The van der Waals surface area contributed by atoms with Crippen LogP contribution in [0.3, 0.4) is 0 Å². The minimum atomic E-state index is -0.136. The maximum Gasteiger partial charge on any atom is 0.246 e. The van der Waals surface area contributed by atoms with Gasteiger partial charge in [-0.25, -0.2) is 0 Å². The average Bonchev–Trinajstić information content (AvgIpc) is 3.41. The number of hydrogen-bond acceptors (Lipinski definition) is 3. The second-order valence-electron chi connectivity index (χ2n) is 6.80. The van der Waals surface area contributed by atoms with E-state index >= 15 is 0 Å². The zero-order valence-electron chi connectivity index (χ0n) is 15.2. The number of anilines is 1. The maximum absolute atomic E-state index is 12.6. The van der Waals surface area contributed by atoms with Gasteiger partial charge in [-0.3, -0.25) is 14.6 Å². The molecule has 0 saturated heterocycles. The first kappa shape index (κ1) is 16.3.